The van der Waals surface area contributed by atoms with Crippen LogP contribution in [-0.4, -0.2) is 9.13 Å². The fraction of sp³-hybridized carbons (Fsp3) is 0.0750. The van der Waals surface area contributed by atoms with E-state index in [0.717, 1.165) is 30.3 Å². The van der Waals surface area contributed by atoms with Crippen molar-refractivity contribution < 1.29 is 39.5 Å². The maximum Gasteiger partial charge on any atom is 0.417 e. The van der Waals surface area contributed by atoms with Crippen molar-refractivity contribution in [3.05, 3.63) is 144 Å². The van der Waals surface area contributed by atoms with E-state index in [0.29, 0.717) is 32.6 Å². The van der Waals surface area contributed by atoms with Gasteiger partial charge >= 0.3 is 18.5 Å². The number of hydrogen-bond acceptors (Lipinski definition) is 1. The first kappa shape index (κ1) is 33.0. The number of aromatic nitrogens is 2. The lowest BCUT2D eigenvalue weighted by atomic mass is 9.94. The highest BCUT2D eigenvalue weighted by Gasteiger charge is 2.36. The number of alkyl halides is 9. The van der Waals surface area contributed by atoms with Gasteiger partial charge in [0.2, 0.25) is 0 Å². The first-order chi connectivity index (χ1) is 24.7. The molecule has 0 spiro atoms. The average molecular weight is 714 g/mol. The van der Waals surface area contributed by atoms with Crippen molar-refractivity contribution in [1.82, 2.24) is 9.13 Å². The summed E-state index contributed by atoms with van der Waals surface area (Å²) in [6.07, 6.45) is -14.4. The van der Waals surface area contributed by atoms with E-state index in [9.17, 15) is 44.8 Å². The molecule has 8 rings (SSSR count). The van der Waals surface area contributed by atoms with Gasteiger partial charge in [0.05, 0.1) is 61.8 Å². The Hall–Kier alpha value is -6.22. The average Bonchev–Trinajstić information content (AvgIpc) is 3.62. The van der Waals surface area contributed by atoms with Gasteiger partial charge < -0.3 is 9.13 Å². The van der Waals surface area contributed by atoms with Gasteiger partial charge in [-0.2, -0.15) is 44.8 Å². The molecule has 0 radical (unpaired) electrons. The molecular formula is C40H20F9N3. The second-order valence-electron chi connectivity index (χ2n) is 12.2. The molecule has 2 aromatic heterocycles. The number of benzene rings is 6. The number of rotatable bonds is 3. The van der Waals surface area contributed by atoms with Crippen LogP contribution in [0.15, 0.2) is 121 Å². The predicted octanol–water partition coefficient (Wildman–Crippen LogP) is 12.5. The van der Waals surface area contributed by atoms with Gasteiger partial charge in [0.15, 0.2) is 0 Å². The van der Waals surface area contributed by atoms with Crippen LogP contribution in [0.2, 0.25) is 0 Å². The minimum atomic E-state index is -4.85. The van der Waals surface area contributed by atoms with E-state index in [1.54, 1.807) is 48.5 Å². The number of nitrogens with zero attached hydrogens (tertiary/aromatic N) is 3. The SMILES string of the molecule is N#Cc1cc(-n2c3ccccc3c3ccc(C(F)(F)F)cc32)c(-n2c3ccccc3c3ccc(C(F)(F)F)cc32)cc1-c1ccccc1C(F)(F)F. The highest BCUT2D eigenvalue weighted by molar-refractivity contribution is 6.12. The Bertz CT molecular complexity index is 2770. The molecule has 12 heteroatoms. The summed E-state index contributed by atoms with van der Waals surface area (Å²) in [5.41, 5.74) is -2.88. The Morgan fingerprint density at radius 1 is 0.423 bits per heavy atom. The number of para-hydroxylation sites is 2. The number of halogens is 9. The molecule has 6 aromatic carbocycles. The van der Waals surface area contributed by atoms with Crippen LogP contribution in [0.25, 0.3) is 66.1 Å². The van der Waals surface area contributed by atoms with Crippen molar-refractivity contribution in [2.45, 2.75) is 18.5 Å². The minimum absolute atomic E-state index is 0.0246. The quantitative estimate of drug-likeness (QED) is 0.168. The summed E-state index contributed by atoms with van der Waals surface area (Å²) in [5.74, 6) is 0. The third kappa shape index (κ3) is 5.15. The van der Waals surface area contributed by atoms with Gasteiger partial charge in [-0.1, -0.05) is 66.7 Å². The maximum atomic E-state index is 14.4. The third-order valence-electron chi connectivity index (χ3n) is 9.24. The molecule has 0 bridgehead atoms. The molecule has 0 N–H and O–H groups in total. The van der Waals surface area contributed by atoms with Crippen LogP contribution in [0.5, 0.6) is 0 Å². The zero-order valence-electron chi connectivity index (χ0n) is 26.3. The van der Waals surface area contributed by atoms with Gasteiger partial charge in [0.1, 0.15) is 0 Å². The van der Waals surface area contributed by atoms with Crippen LogP contribution in [0.1, 0.15) is 22.3 Å². The van der Waals surface area contributed by atoms with Crippen molar-refractivity contribution in [3.8, 4) is 28.6 Å². The molecule has 2 heterocycles. The smallest absolute Gasteiger partial charge is 0.307 e. The van der Waals surface area contributed by atoms with Crippen LogP contribution in [0.3, 0.4) is 0 Å². The van der Waals surface area contributed by atoms with Crippen LogP contribution >= 0.6 is 0 Å². The lowest BCUT2D eigenvalue weighted by Gasteiger charge is -2.21. The normalized spacial score (nSPS) is 12.7. The highest BCUT2D eigenvalue weighted by atomic mass is 19.4. The zero-order chi connectivity index (χ0) is 36.7. The molecule has 0 fully saturated rings. The molecule has 0 aliphatic heterocycles. The fourth-order valence-electron chi connectivity index (χ4n) is 7.03. The first-order valence-corrected chi connectivity index (χ1v) is 15.6. The van der Waals surface area contributed by atoms with Crippen molar-refractivity contribution >= 4 is 43.6 Å². The summed E-state index contributed by atoms with van der Waals surface area (Å²) >= 11 is 0. The fourth-order valence-corrected chi connectivity index (χ4v) is 7.03. The van der Waals surface area contributed by atoms with Crippen molar-refractivity contribution in [1.29, 1.82) is 5.26 Å². The Labute approximate surface area is 288 Å². The Kier molecular flexibility index (Phi) is 7.22. The van der Waals surface area contributed by atoms with Gasteiger partial charge in [-0.15, -0.1) is 0 Å². The second kappa shape index (κ2) is 11.4. The Morgan fingerprint density at radius 2 is 0.865 bits per heavy atom. The van der Waals surface area contributed by atoms with Crippen molar-refractivity contribution in [2.24, 2.45) is 0 Å². The monoisotopic (exact) mass is 713 g/mol. The predicted molar refractivity (Wildman–Crippen MR) is 180 cm³/mol. The topological polar surface area (TPSA) is 33.6 Å². The van der Waals surface area contributed by atoms with E-state index < -0.39 is 35.2 Å². The van der Waals surface area contributed by atoms with Crippen LogP contribution in [-0.2, 0) is 18.5 Å². The molecule has 0 aliphatic rings. The van der Waals surface area contributed by atoms with E-state index in [1.165, 1.54) is 51.6 Å². The highest BCUT2D eigenvalue weighted by Crippen LogP contribution is 2.45. The minimum Gasteiger partial charge on any atom is -0.307 e. The van der Waals surface area contributed by atoms with E-state index >= 15 is 0 Å². The second-order valence-corrected chi connectivity index (χ2v) is 12.2. The molecule has 0 aliphatic carbocycles. The Balaban J connectivity index is 1.60. The molecule has 52 heavy (non-hydrogen) atoms. The first-order valence-electron chi connectivity index (χ1n) is 15.6. The summed E-state index contributed by atoms with van der Waals surface area (Å²) in [7, 11) is 0. The van der Waals surface area contributed by atoms with Gasteiger partial charge in [-0.25, -0.2) is 0 Å². The standard InChI is InChI=1S/C40H20F9N3/c41-38(42,43)23-13-15-28-26-8-2-5-11-32(26)51(34(28)18-23)36-17-22(21-50)30(25-7-1-4-10-31(25)40(47,48)49)20-37(36)52-33-12-6-3-9-27(33)29-16-14-24(19-35(29)52)39(44,45)46/h1-20H. The molecule has 0 amide bonds. The number of nitriles is 1. The summed E-state index contributed by atoms with van der Waals surface area (Å²) in [5, 5.41) is 12.3. The van der Waals surface area contributed by atoms with Gasteiger partial charge in [0, 0.05) is 27.1 Å². The summed E-state index contributed by atoms with van der Waals surface area (Å²) in [6.45, 7) is 0. The molecule has 3 nitrogen and oxygen atoms in total. The van der Waals surface area contributed by atoms with Gasteiger partial charge in [-0.3, -0.25) is 0 Å². The summed E-state index contributed by atoms with van der Waals surface area (Å²) < 4.78 is 131. The summed E-state index contributed by atoms with van der Waals surface area (Å²) in [4.78, 5) is 0. The van der Waals surface area contributed by atoms with Crippen LogP contribution in [0, 0.1) is 11.3 Å². The molecule has 258 valence electrons. The molecular weight excluding hydrogens is 693 g/mol. The van der Waals surface area contributed by atoms with E-state index in [4.69, 9.17) is 0 Å². The van der Waals surface area contributed by atoms with Crippen LogP contribution in [0.4, 0.5) is 39.5 Å². The molecule has 8 aromatic rings. The zero-order valence-corrected chi connectivity index (χ0v) is 26.3. The van der Waals surface area contributed by atoms with Gasteiger partial charge in [0.25, 0.3) is 0 Å². The Morgan fingerprint density at radius 3 is 1.35 bits per heavy atom. The lowest BCUT2D eigenvalue weighted by molar-refractivity contribution is -0.138. The van der Waals surface area contributed by atoms with E-state index in [-0.39, 0.29) is 39.1 Å². The van der Waals surface area contributed by atoms with Crippen molar-refractivity contribution in [3.63, 3.8) is 0 Å². The molecule has 0 unspecified atom stereocenters. The largest absolute Gasteiger partial charge is 0.417 e. The van der Waals surface area contributed by atoms with Crippen molar-refractivity contribution in [2.75, 3.05) is 0 Å². The third-order valence-corrected chi connectivity index (χ3v) is 9.24. The van der Waals surface area contributed by atoms with Crippen LogP contribution < -0.4 is 0 Å². The van der Waals surface area contributed by atoms with Gasteiger partial charge in [-0.05, 0) is 60.2 Å². The maximum absolute atomic E-state index is 14.4. The molecule has 0 saturated heterocycles. The lowest BCUT2D eigenvalue weighted by Crippen LogP contribution is -2.10. The molecule has 0 atom stereocenters. The number of fused-ring (bicyclic) bond motifs is 6. The summed E-state index contributed by atoms with van der Waals surface area (Å²) in [6, 6.07) is 28.8. The van der Waals surface area contributed by atoms with E-state index in [1.807, 2.05) is 6.07 Å². The van der Waals surface area contributed by atoms with E-state index in [2.05, 4.69) is 0 Å². The number of hydrogen-bond donors (Lipinski definition) is 0. The molecule has 0 saturated carbocycles.